The molecule has 1 fully saturated rings. The Morgan fingerprint density at radius 2 is 1.90 bits per heavy atom. The number of rotatable bonds is 5. The molecule has 1 aromatic carbocycles. The van der Waals surface area contributed by atoms with Crippen molar-refractivity contribution in [3.63, 3.8) is 0 Å². The average molecular weight is 275 g/mol. The first-order valence-corrected chi connectivity index (χ1v) is 7.60. The van der Waals surface area contributed by atoms with Crippen LogP contribution in [0.3, 0.4) is 0 Å². The Morgan fingerprint density at radius 3 is 2.50 bits per heavy atom. The first-order valence-electron chi connectivity index (χ1n) is 7.60. The van der Waals surface area contributed by atoms with Crippen molar-refractivity contribution in [2.75, 3.05) is 13.1 Å². The maximum atomic E-state index is 12.2. The zero-order chi connectivity index (χ0) is 14.4. The highest BCUT2D eigenvalue weighted by Gasteiger charge is 2.37. The largest absolute Gasteiger partial charge is 0.454 e. The van der Waals surface area contributed by atoms with Crippen LogP contribution in [-0.4, -0.2) is 19.1 Å². The van der Waals surface area contributed by atoms with Crippen LogP contribution in [0.2, 0.25) is 0 Å². The molecule has 2 rings (SSSR count). The van der Waals surface area contributed by atoms with Gasteiger partial charge in [0, 0.05) is 19.3 Å². The fourth-order valence-electron chi connectivity index (χ4n) is 2.70. The molecule has 0 spiro atoms. The van der Waals surface area contributed by atoms with Gasteiger partial charge in [0.2, 0.25) is 0 Å². The van der Waals surface area contributed by atoms with E-state index in [0.717, 1.165) is 37.9 Å². The molecule has 3 nitrogen and oxygen atoms in total. The number of benzene rings is 1. The van der Waals surface area contributed by atoms with Gasteiger partial charge < -0.3 is 10.1 Å². The highest BCUT2D eigenvalue weighted by atomic mass is 16.6. The van der Waals surface area contributed by atoms with Crippen LogP contribution in [0.25, 0.3) is 0 Å². The van der Waals surface area contributed by atoms with Crippen LogP contribution in [0.4, 0.5) is 0 Å². The highest BCUT2D eigenvalue weighted by molar-refractivity contribution is 5.70. The number of ether oxygens (including phenoxy) is 1. The Balaban J connectivity index is 2.10. The van der Waals surface area contributed by atoms with Crippen molar-refractivity contribution in [2.24, 2.45) is 5.92 Å². The van der Waals surface area contributed by atoms with E-state index in [0.29, 0.717) is 12.3 Å². The lowest BCUT2D eigenvalue weighted by Gasteiger charge is -2.37. The predicted octanol–water partition coefficient (Wildman–Crippen LogP) is 3.24. The summed E-state index contributed by atoms with van der Waals surface area (Å²) in [4.78, 5) is 12.2. The van der Waals surface area contributed by atoms with Crippen molar-refractivity contribution in [1.82, 2.24) is 5.32 Å². The zero-order valence-electron chi connectivity index (χ0n) is 12.5. The van der Waals surface area contributed by atoms with Crippen molar-refractivity contribution in [3.05, 3.63) is 35.9 Å². The van der Waals surface area contributed by atoms with E-state index in [1.807, 2.05) is 18.2 Å². The molecule has 0 aromatic heterocycles. The fraction of sp³-hybridized carbons (Fsp3) is 0.588. The molecular weight excluding hydrogens is 250 g/mol. The molecule has 0 radical (unpaired) electrons. The van der Waals surface area contributed by atoms with Gasteiger partial charge in [-0.05, 0) is 31.0 Å². The Morgan fingerprint density at radius 1 is 1.25 bits per heavy atom. The number of hydrogen-bond acceptors (Lipinski definition) is 3. The van der Waals surface area contributed by atoms with Gasteiger partial charge >= 0.3 is 5.97 Å². The summed E-state index contributed by atoms with van der Waals surface area (Å²) in [5.74, 6) is 0.465. The minimum atomic E-state index is -0.430. The smallest absolute Gasteiger partial charge is 0.306 e. The topological polar surface area (TPSA) is 38.3 Å². The van der Waals surface area contributed by atoms with E-state index < -0.39 is 5.60 Å². The van der Waals surface area contributed by atoms with Gasteiger partial charge in [-0.3, -0.25) is 4.79 Å². The summed E-state index contributed by atoms with van der Waals surface area (Å²) in [6, 6.07) is 10.2. The molecule has 1 N–H and O–H groups in total. The molecule has 1 aromatic rings. The summed E-state index contributed by atoms with van der Waals surface area (Å²) < 4.78 is 5.94. The Kier molecular flexibility index (Phi) is 5.18. The molecular formula is C17H25NO2. The van der Waals surface area contributed by atoms with E-state index in [1.54, 1.807) is 0 Å². The predicted molar refractivity (Wildman–Crippen MR) is 80.4 cm³/mol. The number of piperidine rings is 1. The molecule has 0 atom stereocenters. The molecule has 110 valence electrons. The van der Waals surface area contributed by atoms with Gasteiger partial charge in [-0.25, -0.2) is 0 Å². The molecule has 0 bridgehead atoms. The second-order valence-electron chi connectivity index (χ2n) is 6.02. The second-order valence-corrected chi connectivity index (χ2v) is 6.02. The number of hydrogen-bond donors (Lipinski definition) is 1. The third kappa shape index (κ3) is 3.83. The molecule has 1 heterocycles. The van der Waals surface area contributed by atoms with Crippen molar-refractivity contribution >= 4 is 5.97 Å². The molecule has 1 aliphatic heterocycles. The summed E-state index contributed by atoms with van der Waals surface area (Å²) >= 11 is 0. The third-order valence-corrected chi connectivity index (χ3v) is 3.95. The molecule has 1 saturated heterocycles. The van der Waals surface area contributed by atoms with Crippen LogP contribution < -0.4 is 5.32 Å². The molecule has 0 unspecified atom stereocenters. The normalized spacial score (nSPS) is 17.9. The van der Waals surface area contributed by atoms with Crippen LogP contribution in [0, 0.1) is 5.92 Å². The second kappa shape index (κ2) is 6.89. The van der Waals surface area contributed by atoms with Crippen LogP contribution >= 0.6 is 0 Å². The van der Waals surface area contributed by atoms with Gasteiger partial charge in [0.15, 0.2) is 0 Å². The number of carbonyl (C=O) groups is 1. The zero-order valence-corrected chi connectivity index (χ0v) is 12.5. The van der Waals surface area contributed by atoms with E-state index in [9.17, 15) is 4.79 Å². The van der Waals surface area contributed by atoms with Gasteiger partial charge in [0.05, 0.1) is 0 Å². The maximum absolute atomic E-state index is 12.2. The van der Waals surface area contributed by atoms with Gasteiger partial charge in [0.25, 0.3) is 0 Å². The molecule has 0 saturated carbocycles. The van der Waals surface area contributed by atoms with Gasteiger partial charge in [0.1, 0.15) is 5.60 Å². The first-order chi connectivity index (χ1) is 9.62. The molecule has 1 aliphatic rings. The summed E-state index contributed by atoms with van der Waals surface area (Å²) in [6.45, 7) is 6.05. The lowest BCUT2D eigenvalue weighted by molar-refractivity contribution is -0.164. The van der Waals surface area contributed by atoms with Gasteiger partial charge in [-0.1, -0.05) is 44.2 Å². The van der Waals surface area contributed by atoms with Crippen molar-refractivity contribution in [2.45, 2.75) is 45.1 Å². The van der Waals surface area contributed by atoms with Crippen LogP contribution in [0.1, 0.15) is 45.1 Å². The van der Waals surface area contributed by atoms with E-state index in [2.05, 4.69) is 31.3 Å². The maximum Gasteiger partial charge on any atom is 0.306 e. The van der Waals surface area contributed by atoms with Crippen LogP contribution in [0.5, 0.6) is 0 Å². The fourth-order valence-corrected chi connectivity index (χ4v) is 2.70. The molecule has 20 heavy (non-hydrogen) atoms. The summed E-state index contributed by atoms with van der Waals surface area (Å²) in [7, 11) is 0. The minimum Gasteiger partial charge on any atom is -0.454 e. The van der Waals surface area contributed by atoms with Crippen molar-refractivity contribution < 1.29 is 9.53 Å². The van der Waals surface area contributed by atoms with E-state index in [-0.39, 0.29) is 5.97 Å². The molecule has 3 heteroatoms. The Hall–Kier alpha value is -1.35. The number of nitrogens with one attached hydrogen (secondary N) is 1. The summed E-state index contributed by atoms with van der Waals surface area (Å²) in [5, 5.41) is 3.34. The summed E-state index contributed by atoms with van der Waals surface area (Å²) in [5.41, 5.74) is 0.694. The van der Waals surface area contributed by atoms with E-state index in [1.165, 1.54) is 0 Å². The lowest BCUT2D eigenvalue weighted by Crippen LogP contribution is -2.43. The number of esters is 1. The lowest BCUT2D eigenvalue weighted by atomic mass is 9.84. The van der Waals surface area contributed by atoms with Crippen LogP contribution in [0.15, 0.2) is 30.3 Å². The SMILES string of the molecule is CC(C)CCC(=O)OC1(c2ccccc2)CCNCC1. The highest BCUT2D eigenvalue weighted by Crippen LogP contribution is 2.35. The average Bonchev–Trinajstić information content (AvgIpc) is 2.47. The van der Waals surface area contributed by atoms with Crippen LogP contribution in [-0.2, 0) is 15.1 Å². The standard InChI is InChI=1S/C17H25NO2/c1-14(2)8-9-16(19)20-17(10-12-18-13-11-17)15-6-4-3-5-7-15/h3-7,14,18H,8-13H2,1-2H3. The first kappa shape index (κ1) is 15.0. The Labute approximate surface area is 121 Å². The van der Waals surface area contributed by atoms with Gasteiger partial charge in [-0.2, -0.15) is 0 Å². The van der Waals surface area contributed by atoms with E-state index in [4.69, 9.17) is 4.74 Å². The van der Waals surface area contributed by atoms with Gasteiger partial charge in [-0.15, -0.1) is 0 Å². The third-order valence-electron chi connectivity index (χ3n) is 3.95. The quantitative estimate of drug-likeness (QED) is 0.838. The molecule has 0 amide bonds. The van der Waals surface area contributed by atoms with Crippen molar-refractivity contribution in [1.29, 1.82) is 0 Å². The number of carbonyl (C=O) groups excluding carboxylic acids is 1. The summed E-state index contributed by atoms with van der Waals surface area (Å²) in [6.07, 6.45) is 3.11. The minimum absolute atomic E-state index is 0.0653. The molecule has 0 aliphatic carbocycles. The van der Waals surface area contributed by atoms with Crippen molar-refractivity contribution in [3.8, 4) is 0 Å². The Bertz CT molecular complexity index is 422. The monoisotopic (exact) mass is 275 g/mol. The van der Waals surface area contributed by atoms with E-state index >= 15 is 0 Å².